The van der Waals surface area contributed by atoms with Crippen molar-refractivity contribution < 1.29 is 14.7 Å². The summed E-state index contributed by atoms with van der Waals surface area (Å²) in [6, 6.07) is -0.600. The average molecular weight is 327 g/mol. The minimum atomic E-state index is -1.09. The van der Waals surface area contributed by atoms with E-state index >= 15 is 0 Å². The van der Waals surface area contributed by atoms with Crippen LogP contribution in [0, 0.1) is 0 Å². The number of hydrogen-bond donors (Lipinski definition) is 2. The van der Waals surface area contributed by atoms with Gasteiger partial charge in [-0.2, -0.15) is 0 Å². The molecular formula is C11H13N5O3S2. The number of amides is 1. The second kappa shape index (κ2) is 5.35. The van der Waals surface area contributed by atoms with E-state index in [0.29, 0.717) is 22.2 Å². The van der Waals surface area contributed by atoms with E-state index in [2.05, 4.69) is 10.2 Å². The molecule has 3 rings (SSSR count). The Hall–Kier alpha value is -1.52. The number of aryl methyl sites for hydroxylation is 1. The lowest BCUT2D eigenvalue weighted by atomic mass is 10.0. The highest BCUT2D eigenvalue weighted by atomic mass is 32.2. The van der Waals surface area contributed by atoms with Crippen molar-refractivity contribution in [2.75, 3.05) is 11.5 Å². The Morgan fingerprint density at radius 3 is 3.05 bits per heavy atom. The summed E-state index contributed by atoms with van der Waals surface area (Å²) in [6.45, 7) is 0. The third-order valence-corrected chi connectivity index (χ3v) is 5.82. The molecule has 1 amide bonds. The van der Waals surface area contributed by atoms with Crippen molar-refractivity contribution in [1.82, 2.24) is 19.7 Å². The highest BCUT2D eigenvalue weighted by molar-refractivity contribution is 8.01. The molecule has 3 heterocycles. The molecule has 2 aliphatic heterocycles. The van der Waals surface area contributed by atoms with Crippen LogP contribution in [0.3, 0.4) is 0 Å². The number of carboxylic acids is 1. The molecule has 1 saturated heterocycles. The van der Waals surface area contributed by atoms with Crippen LogP contribution in [-0.2, 0) is 16.6 Å². The smallest absolute Gasteiger partial charge is 0.352 e. The van der Waals surface area contributed by atoms with Gasteiger partial charge in [0.1, 0.15) is 23.4 Å². The summed E-state index contributed by atoms with van der Waals surface area (Å²) in [5.74, 6) is -0.415. The third kappa shape index (κ3) is 2.32. The number of carbonyl (C=O) groups excluding carboxylic acids is 1. The van der Waals surface area contributed by atoms with Gasteiger partial charge < -0.3 is 15.4 Å². The number of fused-ring (bicyclic) bond motifs is 1. The molecule has 21 heavy (non-hydrogen) atoms. The molecule has 3 N–H and O–H groups in total. The summed E-state index contributed by atoms with van der Waals surface area (Å²) in [4.78, 5) is 24.6. The number of hydrogen-bond acceptors (Lipinski definition) is 7. The molecule has 1 fully saturated rings. The minimum Gasteiger partial charge on any atom is -0.477 e. The molecule has 0 bridgehead atoms. The van der Waals surface area contributed by atoms with E-state index in [9.17, 15) is 14.7 Å². The fourth-order valence-electron chi connectivity index (χ4n) is 2.25. The van der Waals surface area contributed by atoms with Crippen molar-refractivity contribution in [3.05, 3.63) is 17.6 Å². The Morgan fingerprint density at radius 1 is 1.67 bits per heavy atom. The Balaban J connectivity index is 1.83. The van der Waals surface area contributed by atoms with Crippen LogP contribution >= 0.6 is 23.5 Å². The summed E-state index contributed by atoms with van der Waals surface area (Å²) in [6.07, 6.45) is 1.58. The van der Waals surface area contributed by atoms with E-state index in [-0.39, 0.29) is 17.0 Å². The highest BCUT2D eigenvalue weighted by Crippen LogP contribution is 2.40. The molecule has 0 saturated carbocycles. The van der Waals surface area contributed by atoms with E-state index in [1.54, 1.807) is 10.9 Å². The number of β-lactam (4-membered cyclic amide) rings is 1. The van der Waals surface area contributed by atoms with E-state index in [1.165, 1.54) is 28.4 Å². The maximum Gasteiger partial charge on any atom is 0.352 e. The second-order valence-corrected chi connectivity index (χ2v) is 6.75. The first-order chi connectivity index (χ1) is 10.0. The maximum absolute atomic E-state index is 11.8. The lowest BCUT2D eigenvalue weighted by molar-refractivity contribution is -0.147. The molecule has 0 spiro atoms. The first kappa shape index (κ1) is 14.4. The van der Waals surface area contributed by atoms with Crippen molar-refractivity contribution >= 4 is 35.4 Å². The van der Waals surface area contributed by atoms with Crippen molar-refractivity contribution in [3.8, 4) is 0 Å². The van der Waals surface area contributed by atoms with Crippen molar-refractivity contribution in [1.29, 1.82) is 0 Å². The summed E-state index contributed by atoms with van der Waals surface area (Å²) in [5.41, 5.74) is 6.48. The summed E-state index contributed by atoms with van der Waals surface area (Å²) < 4.78 is 1.76. The SMILES string of the molecule is Cn1cnnc1SCC1=C(C(=O)O)N2C(=O)C(N)[C@H]2SC1. The first-order valence-corrected chi connectivity index (χ1v) is 8.16. The van der Waals surface area contributed by atoms with Crippen molar-refractivity contribution in [3.63, 3.8) is 0 Å². The van der Waals surface area contributed by atoms with E-state index < -0.39 is 12.0 Å². The van der Waals surface area contributed by atoms with E-state index in [1.807, 2.05) is 7.05 Å². The number of carboxylic acid groups (broad SMARTS) is 1. The Bertz CT molecular complexity index is 644. The van der Waals surface area contributed by atoms with Crippen LogP contribution in [0.2, 0.25) is 0 Å². The number of aromatic nitrogens is 3. The van der Waals surface area contributed by atoms with Gasteiger partial charge in [0.15, 0.2) is 5.16 Å². The van der Waals surface area contributed by atoms with Gasteiger partial charge in [0.2, 0.25) is 5.91 Å². The number of carbonyl (C=O) groups is 2. The predicted octanol–water partition coefficient (Wildman–Crippen LogP) is -0.512. The molecule has 1 unspecified atom stereocenters. The van der Waals surface area contributed by atoms with Gasteiger partial charge in [-0.3, -0.25) is 9.69 Å². The van der Waals surface area contributed by atoms with Gasteiger partial charge in [0.05, 0.1) is 0 Å². The van der Waals surface area contributed by atoms with Gasteiger partial charge >= 0.3 is 5.97 Å². The minimum absolute atomic E-state index is 0.0696. The van der Waals surface area contributed by atoms with Gasteiger partial charge in [-0.25, -0.2) is 4.79 Å². The second-order valence-electron chi connectivity index (χ2n) is 4.71. The van der Waals surface area contributed by atoms with Gasteiger partial charge in [0, 0.05) is 18.6 Å². The molecule has 1 aromatic rings. The zero-order valence-corrected chi connectivity index (χ0v) is 12.7. The first-order valence-electron chi connectivity index (χ1n) is 6.13. The summed E-state index contributed by atoms with van der Waals surface area (Å²) in [5, 5.41) is 17.6. The standard InChI is InChI=1S/C11H13N5O3S2/c1-15-4-13-14-11(15)21-3-5-2-20-9-6(12)8(17)16(9)7(5)10(18)19/h4,6,9H,2-3,12H2,1H3,(H,18,19)/t6?,9-/m1/s1. The molecule has 1 aromatic heterocycles. The van der Waals surface area contributed by atoms with Crippen LogP contribution in [0.15, 0.2) is 22.8 Å². The van der Waals surface area contributed by atoms with Crippen molar-refractivity contribution in [2.24, 2.45) is 12.8 Å². The molecule has 2 atom stereocenters. The fourth-order valence-corrected chi connectivity index (χ4v) is 4.57. The molecule has 2 aliphatic rings. The Kier molecular flexibility index (Phi) is 3.68. The van der Waals surface area contributed by atoms with E-state index in [4.69, 9.17) is 5.73 Å². The molecule has 0 aliphatic carbocycles. The van der Waals surface area contributed by atoms with Crippen LogP contribution in [0.5, 0.6) is 0 Å². The Morgan fingerprint density at radius 2 is 2.43 bits per heavy atom. The van der Waals surface area contributed by atoms with Gasteiger partial charge in [-0.05, 0) is 5.57 Å². The third-order valence-electron chi connectivity index (χ3n) is 3.34. The van der Waals surface area contributed by atoms with Crippen LogP contribution in [0.1, 0.15) is 0 Å². The quantitative estimate of drug-likeness (QED) is 0.561. The zero-order chi connectivity index (χ0) is 15.1. The van der Waals surface area contributed by atoms with Crippen LogP contribution in [0.25, 0.3) is 0 Å². The normalized spacial score (nSPS) is 24.9. The molecule has 10 heteroatoms. The largest absolute Gasteiger partial charge is 0.477 e. The van der Waals surface area contributed by atoms with Crippen LogP contribution in [-0.4, -0.2) is 59.6 Å². The average Bonchev–Trinajstić information content (AvgIpc) is 2.88. The predicted molar refractivity (Wildman–Crippen MR) is 77.5 cm³/mol. The number of nitrogens with two attached hydrogens (primary N) is 1. The monoisotopic (exact) mass is 327 g/mol. The summed E-state index contributed by atoms with van der Waals surface area (Å²) >= 11 is 2.89. The Labute approximate surface area is 128 Å². The zero-order valence-electron chi connectivity index (χ0n) is 11.1. The van der Waals surface area contributed by atoms with Gasteiger partial charge in [-0.1, -0.05) is 11.8 Å². The number of nitrogens with zero attached hydrogens (tertiary/aromatic N) is 4. The number of rotatable bonds is 4. The number of aliphatic carboxylic acids is 1. The topological polar surface area (TPSA) is 114 Å². The van der Waals surface area contributed by atoms with E-state index in [0.717, 1.165) is 0 Å². The molecular weight excluding hydrogens is 314 g/mol. The molecule has 0 radical (unpaired) electrons. The van der Waals surface area contributed by atoms with Gasteiger partial charge in [-0.15, -0.1) is 22.0 Å². The number of thioether (sulfide) groups is 2. The summed E-state index contributed by atoms with van der Waals surface area (Å²) in [7, 11) is 1.82. The molecule has 112 valence electrons. The highest BCUT2D eigenvalue weighted by Gasteiger charge is 2.51. The van der Waals surface area contributed by atoms with Crippen molar-refractivity contribution in [2.45, 2.75) is 16.6 Å². The fraction of sp³-hybridized carbons (Fsp3) is 0.455. The lowest BCUT2D eigenvalue weighted by Crippen LogP contribution is -2.68. The van der Waals surface area contributed by atoms with Gasteiger partial charge in [0.25, 0.3) is 0 Å². The van der Waals surface area contributed by atoms with Crippen LogP contribution in [0.4, 0.5) is 0 Å². The maximum atomic E-state index is 11.8. The molecule has 0 aromatic carbocycles. The lowest BCUT2D eigenvalue weighted by Gasteiger charge is -2.48. The van der Waals surface area contributed by atoms with Crippen LogP contribution < -0.4 is 5.73 Å². The molecule has 8 nitrogen and oxygen atoms in total.